The first-order valence-corrected chi connectivity index (χ1v) is 7.62. The Balaban J connectivity index is 1.88. The third-order valence-electron chi connectivity index (χ3n) is 4.64. The van der Waals surface area contributed by atoms with E-state index in [1.807, 2.05) is 0 Å². The van der Waals surface area contributed by atoms with Crippen LogP contribution in [0.25, 0.3) is 5.70 Å². The molecule has 0 bridgehead atoms. The number of benzene rings is 2. The number of hydrogen-bond donors (Lipinski definition) is 1. The summed E-state index contributed by atoms with van der Waals surface area (Å²) in [6.45, 7) is 3.28. The van der Waals surface area contributed by atoms with E-state index in [-0.39, 0.29) is 0 Å². The van der Waals surface area contributed by atoms with Gasteiger partial charge < -0.3 is 10.2 Å². The highest BCUT2D eigenvalue weighted by atomic mass is 15.1. The maximum absolute atomic E-state index is 3.68. The molecule has 0 aromatic heterocycles. The molecule has 1 atom stereocenters. The van der Waals surface area contributed by atoms with Gasteiger partial charge in [0, 0.05) is 30.9 Å². The topological polar surface area (TPSA) is 15.3 Å². The van der Waals surface area contributed by atoms with Gasteiger partial charge in [0.1, 0.15) is 0 Å². The summed E-state index contributed by atoms with van der Waals surface area (Å²) in [5.74, 6) is 0.520. The van der Waals surface area contributed by atoms with Crippen molar-refractivity contribution in [2.45, 2.75) is 19.3 Å². The monoisotopic (exact) mass is 276 g/mol. The largest absolute Gasteiger partial charge is 0.373 e. The molecule has 106 valence electrons. The molecule has 2 aromatic rings. The Hall–Kier alpha value is -2.22. The predicted molar refractivity (Wildman–Crippen MR) is 88.2 cm³/mol. The Labute approximate surface area is 126 Å². The summed E-state index contributed by atoms with van der Waals surface area (Å²) in [6, 6.07) is 17.5. The van der Waals surface area contributed by atoms with Crippen molar-refractivity contribution in [2.75, 3.05) is 18.9 Å². The van der Waals surface area contributed by atoms with Gasteiger partial charge in [-0.3, -0.25) is 0 Å². The van der Waals surface area contributed by atoms with Gasteiger partial charge >= 0.3 is 0 Å². The molecule has 21 heavy (non-hydrogen) atoms. The molecule has 0 saturated carbocycles. The Bertz CT molecular complexity index is 716. The molecule has 1 N–H and O–H groups in total. The van der Waals surface area contributed by atoms with Crippen LogP contribution in [0.4, 0.5) is 5.69 Å². The summed E-state index contributed by atoms with van der Waals surface area (Å²) in [6.07, 6.45) is 1.19. The molecule has 2 heteroatoms. The first-order chi connectivity index (χ1) is 10.2. The Morgan fingerprint density at radius 2 is 1.90 bits per heavy atom. The van der Waals surface area contributed by atoms with E-state index in [1.54, 1.807) is 0 Å². The molecular formula is C19H20N2. The van der Waals surface area contributed by atoms with Crippen molar-refractivity contribution in [3.63, 3.8) is 0 Å². The van der Waals surface area contributed by atoms with Gasteiger partial charge in [0.25, 0.3) is 0 Å². The second-order valence-electron chi connectivity index (χ2n) is 6.11. The van der Waals surface area contributed by atoms with Crippen LogP contribution in [0.15, 0.2) is 54.2 Å². The molecule has 2 aliphatic heterocycles. The van der Waals surface area contributed by atoms with E-state index >= 15 is 0 Å². The molecule has 1 unspecified atom stereocenters. The highest BCUT2D eigenvalue weighted by molar-refractivity contribution is 5.79. The van der Waals surface area contributed by atoms with Crippen LogP contribution in [0, 0.1) is 6.92 Å². The van der Waals surface area contributed by atoms with Gasteiger partial charge in [-0.15, -0.1) is 0 Å². The highest BCUT2D eigenvalue weighted by Crippen LogP contribution is 2.46. The standard InChI is InChI=1S/C19H20N2/c1-13-8-9-17-16(12-13)15-10-11-21(2)19(18(15)20-17)14-6-4-3-5-7-14/h3-9,12,15,20H,10-11H2,1-2H3. The fraction of sp³-hybridized carbons (Fsp3) is 0.263. The molecule has 0 fully saturated rings. The SMILES string of the molecule is Cc1ccc2c(c1)C1CCN(C)C(c3ccccc3)=C1N2. The third-order valence-corrected chi connectivity index (χ3v) is 4.64. The maximum atomic E-state index is 3.68. The summed E-state index contributed by atoms with van der Waals surface area (Å²) >= 11 is 0. The lowest BCUT2D eigenvalue weighted by Crippen LogP contribution is -2.28. The molecule has 2 aromatic carbocycles. The summed E-state index contributed by atoms with van der Waals surface area (Å²) in [7, 11) is 2.20. The van der Waals surface area contributed by atoms with Gasteiger partial charge in [0.05, 0.1) is 5.70 Å². The Morgan fingerprint density at radius 3 is 2.71 bits per heavy atom. The van der Waals surface area contributed by atoms with E-state index < -0.39 is 0 Å². The van der Waals surface area contributed by atoms with Crippen molar-refractivity contribution < 1.29 is 0 Å². The minimum Gasteiger partial charge on any atom is -0.373 e. The van der Waals surface area contributed by atoms with Crippen molar-refractivity contribution in [1.29, 1.82) is 0 Å². The van der Waals surface area contributed by atoms with Crippen LogP contribution in [0.3, 0.4) is 0 Å². The highest BCUT2D eigenvalue weighted by Gasteiger charge is 2.34. The van der Waals surface area contributed by atoms with Crippen molar-refractivity contribution in [3.05, 3.63) is 70.9 Å². The van der Waals surface area contributed by atoms with Gasteiger partial charge in [-0.1, -0.05) is 48.0 Å². The summed E-state index contributed by atoms with van der Waals surface area (Å²) in [5.41, 5.74) is 8.11. The van der Waals surface area contributed by atoms with Crippen molar-refractivity contribution in [3.8, 4) is 0 Å². The summed E-state index contributed by atoms with van der Waals surface area (Å²) in [4.78, 5) is 2.38. The van der Waals surface area contributed by atoms with E-state index in [0.29, 0.717) is 5.92 Å². The van der Waals surface area contributed by atoms with Crippen LogP contribution in [0.1, 0.15) is 29.0 Å². The molecule has 0 spiro atoms. The first-order valence-electron chi connectivity index (χ1n) is 7.62. The van der Waals surface area contributed by atoms with Gasteiger partial charge in [-0.05, 0) is 30.5 Å². The van der Waals surface area contributed by atoms with Crippen LogP contribution < -0.4 is 5.32 Å². The number of hydrogen-bond acceptors (Lipinski definition) is 2. The minimum absolute atomic E-state index is 0.520. The lowest BCUT2D eigenvalue weighted by atomic mass is 9.89. The molecular weight excluding hydrogens is 256 g/mol. The molecule has 0 radical (unpaired) electrons. The second-order valence-corrected chi connectivity index (χ2v) is 6.11. The van der Waals surface area contributed by atoms with Gasteiger partial charge in [-0.2, -0.15) is 0 Å². The van der Waals surface area contributed by atoms with Gasteiger partial charge in [-0.25, -0.2) is 0 Å². The fourth-order valence-electron chi connectivity index (χ4n) is 3.61. The quantitative estimate of drug-likeness (QED) is 0.839. The van der Waals surface area contributed by atoms with Gasteiger partial charge in [0.15, 0.2) is 0 Å². The first kappa shape index (κ1) is 12.5. The molecule has 0 aliphatic carbocycles. The van der Waals surface area contributed by atoms with E-state index in [1.165, 1.54) is 40.2 Å². The number of anilines is 1. The Kier molecular flexibility index (Phi) is 2.78. The van der Waals surface area contributed by atoms with E-state index in [9.17, 15) is 0 Å². The minimum atomic E-state index is 0.520. The second kappa shape index (κ2) is 4.66. The average molecular weight is 276 g/mol. The summed E-state index contributed by atoms with van der Waals surface area (Å²) < 4.78 is 0. The summed E-state index contributed by atoms with van der Waals surface area (Å²) in [5, 5.41) is 3.68. The van der Waals surface area contributed by atoms with Crippen molar-refractivity contribution >= 4 is 11.4 Å². The van der Waals surface area contributed by atoms with E-state index in [2.05, 4.69) is 72.7 Å². The molecule has 2 aliphatic rings. The molecule has 0 amide bonds. The van der Waals surface area contributed by atoms with Gasteiger partial charge in [0.2, 0.25) is 0 Å². The normalized spacial score (nSPS) is 20.1. The molecule has 0 saturated heterocycles. The smallest absolute Gasteiger partial charge is 0.0639 e. The number of rotatable bonds is 1. The van der Waals surface area contributed by atoms with E-state index in [4.69, 9.17) is 0 Å². The van der Waals surface area contributed by atoms with E-state index in [0.717, 1.165) is 6.54 Å². The zero-order valence-electron chi connectivity index (χ0n) is 12.6. The molecule has 2 nitrogen and oxygen atoms in total. The molecule has 2 heterocycles. The number of nitrogens with one attached hydrogen (secondary N) is 1. The lowest BCUT2D eigenvalue weighted by Gasteiger charge is -2.33. The van der Waals surface area contributed by atoms with Crippen molar-refractivity contribution in [1.82, 2.24) is 4.90 Å². The van der Waals surface area contributed by atoms with Crippen LogP contribution >= 0.6 is 0 Å². The zero-order valence-corrected chi connectivity index (χ0v) is 12.6. The number of nitrogens with zero attached hydrogens (tertiary/aromatic N) is 1. The number of fused-ring (bicyclic) bond motifs is 3. The third kappa shape index (κ3) is 1.94. The van der Waals surface area contributed by atoms with Crippen molar-refractivity contribution in [2.24, 2.45) is 0 Å². The molecule has 4 rings (SSSR count). The predicted octanol–water partition coefficient (Wildman–Crippen LogP) is 4.21. The number of aryl methyl sites for hydroxylation is 1. The Morgan fingerprint density at radius 1 is 1.10 bits per heavy atom. The van der Waals surface area contributed by atoms with Crippen LogP contribution in [-0.2, 0) is 0 Å². The average Bonchev–Trinajstić information content (AvgIpc) is 2.85. The lowest BCUT2D eigenvalue weighted by molar-refractivity contribution is 0.425. The maximum Gasteiger partial charge on any atom is 0.0639 e. The van der Waals surface area contributed by atoms with Crippen LogP contribution in [0.5, 0.6) is 0 Å². The fourth-order valence-corrected chi connectivity index (χ4v) is 3.61. The number of allylic oxidation sites excluding steroid dienone is 1. The van der Waals surface area contributed by atoms with Crippen LogP contribution in [0.2, 0.25) is 0 Å². The zero-order chi connectivity index (χ0) is 14.4. The van der Waals surface area contributed by atoms with Crippen LogP contribution in [-0.4, -0.2) is 18.5 Å².